The molecule has 0 aromatic heterocycles. The molecule has 1 aliphatic heterocycles. The summed E-state index contributed by atoms with van der Waals surface area (Å²) >= 11 is 0. The van der Waals surface area contributed by atoms with E-state index < -0.39 is 30.1 Å². The Morgan fingerprint density at radius 1 is 1.07 bits per heavy atom. The first-order valence-corrected chi connectivity index (χ1v) is 9.79. The minimum atomic E-state index is -1.13. The van der Waals surface area contributed by atoms with E-state index in [-0.39, 0.29) is 26.1 Å². The molecule has 0 aliphatic carbocycles. The molecule has 30 heavy (non-hydrogen) atoms. The maximum absolute atomic E-state index is 12.8. The Balaban J connectivity index is 1.62. The van der Waals surface area contributed by atoms with Crippen molar-refractivity contribution >= 4 is 18.0 Å². The van der Waals surface area contributed by atoms with E-state index in [1.807, 2.05) is 48.5 Å². The van der Waals surface area contributed by atoms with Gasteiger partial charge in [0.2, 0.25) is 0 Å². The molecule has 8 nitrogen and oxygen atoms in total. The highest BCUT2D eigenvalue weighted by atomic mass is 16.5. The van der Waals surface area contributed by atoms with Crippen LogP contribution in [-0.4, -0.2) is 59.7 Å². The van der Waals surface area contributed by atoms with Crippen LogP contribution in [0.5, 0.6) is 0 Å². The van der Waals surface area contributed by atoms with Gasteiger partial charge in [0.25, 0.3) is 0 Å². The van der Waals surface area contributed by atoms with E-state index in [2.05, 4.69) is 10.6 Å². The number of hydrogen-bond donors (Lipinski definition) is 3. The Kier molecular flexibility index (Phi) is 7.40. The number of carbonyl (C=O) groups is 3. The summed E-state index contributed by atoms with van der Waals surface area (Å²) in [6.07, 6.45) is 0.150. The first-order valence-electron chi connectivity index (χ1n) is 9.79. The molecule has 2 amide bonds. The zero-order chi connectivity index (χ0) is 21.3. The van der Waals surface area contributed by atoms with E-state index in [1.165, 1.54) is 4.90 Å². The fraction of sp³-hybridized carbons (Fsp3) is 0.318. The fourth-order valence-electron chi connectivity index (χ4n) is 3.26. The zero-order valence-corrected chi connectivity index (χ0v) is 16.5. The number of carbonyl (C=O) groups excluding carboxylic acids is 2. The topological polar surface area (TPSA) is 108 Å². The molecule has 2 aromatic carbocycles. The Labute approximate surface area is 174 Å². The number of nitrogens with zero attached hydrogens (tertiary/aromatic N) is 1. The van der Waals surface area contributed by atoms with Crippen LogP contribution < -0.4 is 10.6 Å². The van der Waals surface area contributed by atoms with Crippen molar-refractivity contribution in [3.63, 3.8) is 0 Å². The van der Waals surface area contributed by atoms with Crippen LogP contribution in [0.25, 0.3) is 0 Å². The second kappa shape index (κ2) is 10.4. The third-order valence-corrected chi connectivity index (χ3v) is 4.88. The highest BCUT2D eigenvalue weighted by Gasteiger charge is 2.35. The van der Waals surface area contributed by atoms with Crippen molar-refractivity contribution in [3.8, 4) is 0 Å². The summed E-state index contributed by atoms with van der Waals surface area (Å²) in [6, 6.07) is 15.8. The van der Waals surface area contributed by atoms with Gasteiger partial charge in [0.15, 0.2) is 0 Å². The van der Waals surface area contributed by atoms with E-state index in [0.29, 0.717) is 6.54 Å². The molecular weight excluding hydrogens is 386 g/mol. The molecule has 1 unspecified atom stereocenters. The van der Waals surface area contributed by atoms with Crippen LogP contribution >= 0.6 is 0 Å². The number of aliphatic carboxylic acids is 1. The van der Waals surface area contributed by atoms with E-state index in [0.717, 1.165) is 11.1 Å². The molecule has 3 rings (SSSR count). The van der Waals surface area contributed by atoms with E-state index >= 15 is 0 Å². The fourth-order valence-corrected chi connectivity index (χ4v) is 3.26. The van der Waals surface area contributed by atoms with Crippen LogP contribution in [0.4, 0.5) is 4.79 Å². The second-order valence-corrected chi connectivity index (χ2v) is 7.04. The number of esters is 1. The molecule has 1 fully saturated rings. The summed E-state index contributed by atoms with van der Waals surface area (Å²) in [5.41, 5.74) is 1.64. The smallest absolute Gasteiger partial charge is 0.330 e. The summed E-state index contributed by atoms with van der Waals surface area (Å²) in [5.74, 6) is -1.67. The van der Waals surface area contributed by atoms with Gasteiger partial charge < -0.3 is 25.4 Å². The molecule has 1 saturated heterocycles. The number of rotatable bonds is 7. The lowest BCUT2D eigenvalue weighted by Gasteiger charge is -2.35. The van der Waals surface area contributed by atoms with Gasteiger partial charge in [-0.25, -0.2) is 14.4 Å². The number of piperazine rings is 1. The maximum Gasteiger partial charge on any atom is 0.330 e. The Hall–Kier alpha value is -3.39. The lowest BCUT2D eigenvalue weighted by atomic mass is 10.1. The molecule has 8 heteroatoms. The van der Waals surface area contributed by atoms with Gasteiger partial charge in [0.05, 0.1) is 0 Å². The summed E-state index contributed by atoms with van der Waals surface area (Å²) in [4.78, 5) is 38.4. The largest absolute Gasteiger partial charge is 0.480 e. The monoisotopic (exact) mass is 411 g/mol. The van der Waals surface area contributed by atoms with Crippen LogP contribution in [0.2, 0.25) is 0 Å². The molecule has 1 heterocycles. The normalized spacial score (nSPS) is 17.1. The van der Waals surface area contributed by atoms with Gasteiger partial charge in [-0.1, -0.05) is 60.7 Å². The Morgan fingerprint density at radius 2 is 1.70 bits per heavy atom. The Morgan fingerprint density at radius 3 is 2.33 bits per heavy atom. The van der Waals surface area contributed by atoms with Gasteiger partial charge in [0, 0.05) is 26.1 Å². The predicted octanol–water partition coefficient (Wildman–Crippen LogP) is 1.41. The standard InChI is InChI=1S/C22H25N3O5/c26-20(27)18(13-16-7-3-1-4-8-16)24-22(29)25-12-11-23-14-19(25)21(28)30-15-17-9-5-2-6-10-17/h1-10,18-19,23H,11-15H2,(H,24,29)(H,26,27)/t18-,19?/m0/s1. The van der Waals surface area contributed by atoms with Crippen molar-refractivity contribution in [1.82, 2.24) is 15.5 Å². The van der Waals surface area contributed by atoms with E-state index in [4.69, 9.17) is 4.74 Å². The first-order chi connectivity index (χ1) is 14.5. The van der Waals surface area contributed by atoms with Crippen LogP contribution in [0.1, 0.15) is 11.1 Å². The predicted molar refractivity (Wildman–Crippen MR) is 110 cm³/mol. The van der Waals surface area contributed by atoms with Gasteiger partial charge in [0.1, 0.15) is 18.7 Å². The van der Waals surface area contributed by atoms with Crippen LogP contribution in [0.15, 0.2) is 60.7 Å². The van der Waals surface area contributed by atoms with Gasteiger partial charge in [-0.2, -0.15) is 0 Å². The molecule has 0 saturated carbocycles. The maximum atomic E-state index is 12.8. The lowest BCUT2D eigenvalue weighted by Crippen LogP contribution is -2.61. The number of ether oxygens (including phenoxy) is 1. The first kappa shape index (κ1) is 21.3. The van der Waals surface area contributed by atoms with E-state index in [1.54, 1.807) is 12.1 Å². The third kappa shape index (κ3) is 5.81. The number of carboxylic acid groups (broad SMARTS) is 1. The third-order valence-electron chi connectivity index (χ3n) is 4.88. The van der Waals surface area contributed by atoms with Crippen molar-refractivity contribution in [2.24, 2.45) is 0 Å². The van der Waals surface area contributed by atoms with Crippen molar-refractivity contribution < 1.29 is 24.2 Å². The number of benzene rings is 2. The minimum absolute atomic E-state index is 0.109. The molecule has 2 atom stereocenters. The number of amides is 2. The molecule has 1 aliphatic rings. The van der Waals surface area contributed by atoms with Crippen molar-refractivity contribution in [1.29, 1.82) is 0 Å². The Bertz CT molecular complexity index is 860. The molecule has 158 valence electrons. The highest BCUT2D eigenvalue weighted by Crippen LogP contribution is 2.10. The summed E-state index contributed by atoms with van der Waals surface area (Å²) in [6.45, 7) is 1.13. The summed E-state index contributed by atoms with van der Waals surface area (Å²) < 4.78 is 5.38. The summed E-state index contributed by atoms with van der Waals surface area (Å²) in [7, 11) is 0. The molecule has 0 radical (unpaired) electrons. The van der Waals surface area contributed by atoms with Crippen molar-refractivity contribution in [3.05, 3.63) is 71.8 Å². The van der Waals surface area contributed by atoms with Crippen molar-refractivity contribution in [2.75, 3.05) is 19.6 Å². The van der Waals surface area contributed by atoms with Gasteiger partial charge in [-0.3, -0.25) is 0 Å². The lowest BCUT2D eigenvalue weighted by molar-refractivity contribution is -0.150. The highest BCUT2D eigenvalue weighted by molar-refractivity contribution is 5.87. The summed E-state index contributed by atoms with van der Waals surface area (Å²) in [5, 5.41) is 15.2. The minimum Gasteiger partial charge on any atom is -0.480 e. The molecule has 2 aromatic rings. The van der Waals surface area contributed by atoms with Crippen LogP contribution in [0.3, 0.4) is 0 Å². The van der Waals surface area contributed by atoms with E-state index in [9.17, 15) is 19.5 Å². The molecule has 0 spiro atoms. The van der Waals surface area contributed by atoms with Crippen LogP contribution in [0, 0.1) is 0 Å². The quantitative estimate of drug-likeness (QED) is 0.595. The average molecular weight is 411 g/mol. The molecule has 3 N–H and O–H groups in total. The SMILES string of the molecule is O=C(OCc1ccccc1)C1CNCCN1C(=O)N[C@@H](Cc1ccccc1)C(=O)O. The number of urea groups is 1. The molecular formula is C22H25N3O5. The van der Waals surface area contributed by atoms with Gasteiger partial charge in [-0.05, 0) is 11.1 Å². The van der Waals surface area contributed by atoms with Gasteiger partial charge in [-0.15, -0.1) is 0 Å². The van der Waals surface area contributed by atoms with Crippen LogP contribution in [-0.2, 0) is 27.4 Å². The number of nitrogens with one attached hydrogen (secondary N) is 2. The average Bonchev–Trinajstić information content (AvgIpc) is 2.78. The van der Waals surface area contributed by atoms with Gasteiger partial charge >= 0.3 is 18.0 Å². The molecule has 0 bridgehead atoms. The van der Waals surface area contributed by atoms with Crippen molar-refractivity contribution in [2.45, 2.75) is 25.1 Å². The second-order valence-electron chi connectivity index (χ2n) is 7.04. The zero-order valence-electron chi connectivity index (χ0n) is 16.5. The number of hydrogen-bond acceptors (Lipinski definition) is 5. The number of carboxylic acids is 1.